The molecule has 1 N–H and O–H groups in total. The van der Waals surface area contributed by atoms with Crippen LogP contribution >= 0.6 is 11.3 Å². The van der Waals surface area contributed by atoms with E-state index in [-0.39, 0.29) is 11.6 Å². The second kappa shape index (κ2) is 5.70. The fourth-order valence-electron chi connectivity index (χ4n) is 2.64. The summed E-state index contributed by atoms with van der Waals surface area (Å²) in [6.07, 6.45) is 5.65. The molecule has 1 aliphatic rings. The van der Waals surface area contributed by atoms with Crippen molar-refractivity contribution in [3.63, 3.8) is 0 Å². The summed E-state index contributed by atoms with van der Waals surface area (Å²) >= 11 is 1.58. The number of nitrogens with one attached hydrogen (secondary N) is 1. The van der Waals surface area contributed by atoms with Gasteiger partial charge >= 0.3 is 0 Å². The van der Waals surface area contributed by atoms with E-state index in [0.717, 1.165) is 35.8 Å². The minimum Gasteiger partial charge on any atom is -0.357 e. The van der Waals surface area contributed by atoms with Gasteiger partial charge in [-0.15, -0.1) is 10.2 Å². The van der Waals surface area contributed by atoms with Crippen molar-refractivity contribution in [3.8, 4) is 0 Å². The third-order valence-corrected chi connectivity index (χ3v) is 4.41. The maximum Gasteiger partial charge on any atom is 0.266 e. The molecule has 0 bridgehead atoms. The van der Waals surface area contributed by atoms with Gasteiger partial charge in [0.25, 0.3) is 5.56 Å². The van der Waals surface area contributed by atoms with Crippen LogP contribution in [0.15, 0.2) is 23.1 Å². The number of anilines is 1. The Kier molecular flexibility index (Phi) is 3.77. The predicted octanol–water partition coefficient (Wildman–Crippen LogP) is 2.00. The first-order valence-electron chi connectivity index (χ1n) is 6.83. The quantitative estimate of drug-likeness (QED) is 0.936. The molecule has 0 saturated heterocycles. The average molecular weight is 291 g/mol. The fraction of sp³-hybridized carbons (Fsp3) is 0.538. The Morgan fingerprint density at radius 1 is 1.30 bits per heavy atom. The summed E-state index contributed by atoms with van der Waals surface area (Å²) in [5, 5.41) is 17.6. The van der Waals surface area contributed by atoms with E-state index in [0.29, 0.717) is 6.04 Å². The van der Waals surface area contributed by atoms with Crippen molar-refractivity contribution >= 4 is 16.5 Å². The SMILES string of the molecule is Cc1nnc(NC2CCC(n3ncccc3=O)CC2)s1. The maximum absolute atomic E-state index is 11.8. The average Bonchev–Trinajstić information content (AvgIpc) is 2.86. The van der Waals surface area contributed by atoms with E-state index in [1.807, 2.05) is 6.92 Å². The van der Waals surface area contributed by atoms with Crippen molar-refractivity contribution in [3.05, 3.63) is 33.7 Å². The standard InChI is InChI=1S/C13H17N5OS/c1-9-16-17-13(20-9)15-10-4-6-11(7-5-10)18-12(19)3-2-8-14-18/h2-3,8,10-11H,4-7H2,1H3,(H,15,17). The summed E-state index contributed by atoms with van der Waals surface area (Å²) in [7, 11) is 0. The van der Waals surface area contributed by atoms with E-state index < -0.39 is 0 Å². The van der Waals surface area contributed by atoms with Gasteiger partial charge in [-0.05, 0) is 38.7 Å². The largest absolute Gasteiger partial charge is 0.357 e. The molecule has 0 unspecified atom stereocenters. The van der Waals surface area contributed by atoms with Crippen LogP contribution in [-0.4, -0.2) is 26.0 Å². The normalized spacial score (nSPS) is 22.6. The molecule has 0 atom stereocenters. The molecule has 20 heavy (non-hydrogen) atoms. The molecular weight excluding hydrogens is 274 g/mol. The zero-order chi connectivity index (χ0) is 13.9. The number of hydrogen-bond acceptors (Lipinski definition) is 6. The van der Waals surface area contributed by atoms with Crippen molar-refractivity contribution in [1.82, 2.24) is 20.0 Å². The molecule has 0 amide bonds. The van der Waals surface area contributed by atoms with Crippen molar-refractivity contribution in [2.75, 3.05) is 5.32 Å². The summed E-state index contributed by atoms with van der Waals surface area (Å²) < 4.78 is 1.62. The van der Waals surface area contributed by atoms with Crippen LogP contribution in [0.2, 0.25) is 0 Å². The zero-order valence-electron chi connectivity index (χ0n) is 11.3. The number of aryl methyl sites for hydroxylation is 1. The molecule has 1 fully saturated rings. The molecule has 0 aliphatic heterocycles. The first-order chi connectivity index (χ1) is 9.72. The Hall–Kier alpha value is -1.76. The molecule has 2 aromatic heterocycles. The monoisotopic (exact) mass is 291 g/mol. The van der Waals surface area contributed by atoms with Crippen LogP contribution in [0, 0.1) is 6.92 Å². The van der Waals surface area contributed by atoms with Crippen LogP contribution in [0.25, 0.3) is 0 Å². The predicted molar refractivity (Wildman–Crippen MR) is 78.1 cm³/mol. The van der Waals surface area contributed by atoms with Gasteiger partial charge in [-0.25, -0.2) is 4.68 Å². The second-order valence-electron chi connectivity index (χ2n) is 5.08. The summed E-state index contributed by atoms with van der Waals surface area (Å²) in [6, 6.07) is 3.89. The molecule has 6 nitrogen and oxygen atoms in total. The number of aromatic nitrogens is 4. The molecule has 2 aromatic rings. The van der Waals surface area contributed by atoms with Crippen LogP contribution in [0.3, 0.4) is 0 Å². The lowest BCUT2D eigenvalue weighted by atomic mass is 9.91. The van der Waals surface area contributed by atoms with Crippen molar-refractivity contribution < 1.29 is 0 Å². The second-order valence-corrected chi connectivity index (χ2v) is 6.26. The van der Waals surface area contributed by atoms with Gasteiger partial charge in [-0.3, -0.25) is 4.79 Å². The lowest BCUT2D eigenvalue weighted by Crippen LogP contribution is -2.32. The van der Waals surface area contributed by atoms with Crippen LogP contribution in [0.5, 0.6) is 0 Å². The molecule has 0 radical (unpaired) electrons. The molecule has 1 aliphatic carbocycles. The minimum atomic E-state index is -0.0105. The summed E-state index contributed by atoms with van der Waals surface area (Å²) in [5.74, 6) is 0. The van der Waals surface area contributed by atoms with E-state index in [1.165, 1.54) is 0 Å². The topological polar surface area (TPSA) is 72.7 Å². The van der Waals surface area contributed by atoms with Gasteiger partial charge in [0, 0.05) is 18.3 Å². The van der Waals surface area contributed by atoms with Gasteiger partial charge in [0.05, 0.1) is 6.04 Å². The van der Waals surface area contributed by atoms with Crippen molar-refractivity contribution in [2.24, 2.45) is 0 Å². The fourth-order valence-corrected chi connectivity index (χ4v) is 3.31. The Morgan fingerprint density at radius 3 is 2.75 bits per heavy atom. The van der Waals surface area contributed by atoms with E-state index in [9.17, 15) is 4.79 Å². The van der Waals surface area contributed by atoms with Gasteiger partial charge in [-0.1, -0.05) is 11.3 Å². The molecule has 106 valence electrons. The van der Waals surface area contributed by atoms with Gasteiger partial charge in [0.1, 0.15) is 5.01 Å². The molecule has 0 aromatic carbocycles. The Balaban J connectivity index is 1.60. The lowest BCUT2D eigenvalue weighted by molar-refractivity contribution is 0.303. The molecule has 1 saturated carbocycles. The molecule has 3 rings (SSSR count). The van der Waals surface area contributed by atoms with Crippen molar-refractivity contribution in [2.45, 2.75) is 44.7 Å². The zero-order valence-corrected chi connectivity index (χ0v) is 12.1. The highest BCUT2D eigenvalue weighted by atomic mass is 32.1. The molecular formula is C13H17N5OS. The highest BCUT2D eigenvalue weighted by molar-refractivity contribution is 7.15. The van der Waals surface area contributed by atoms with Crippen LogP contribution < -0.4 is 10.9 Å². The number of rotatable bonds is 3. The molecule has 7 heteroatoms. The van der Waals surface area contributed by atoms with Gasteiger partial charge in [-0.2, -0.15) is 5.10 Å². The van der Waals surface area contributed by atoms with Gasteiger partial charge in [0.15, 0.2) is 0 Å². The maximum atomic E-state index is 11.8. The van der Waals surface area contributed by atoms with Crippen LogP contribution in [0.4, 0.5) is 5.13 Å². The summed E-state index contributed by atoms with van der Waals surface area (Å²) in [5.41, 5.74) is -0.0105. The number of hydrogen-bond donors (Lipinski definition) is 1. The van der Waals surface area contributed by atoms with Gasteiger partial charge < -0.3 is 5.32 Å². The van der Waals surface area contributed by atoms with E-state index >= 15 is 0 Å². The van der Waals surface area contributed by atoms with Crippen LogP contribution in [0.1, 0.15) is 36.7 Å². The molecule has 0 spiro atoms. The highest BCUT2D eigenvalue weighted by Crippen LogP contribution is 2.29. The first kappa shape index (κ1) is 13.2. The minimum absolute atomic E-state index is 0.0105. The molecule has 2 heterocycles. The Bertz CT molecular complexity index is 629. The Morgan fingerprint density at radius 2 is 2.10 bits per heavy atom. The summed E-state index contributed by atoms with van der Waals surface area (Å²) in [4.78, 5) is 11.8. The van der Waals surface area contributed by atoms with Gasteiger partial charge in [0.2, 0.25) is 5.13 Å². The Labute approximate surface area is 120 Å². The third kappa shape index (κ3) is 2.87. The van der Waals surface area contributed by atoms with Crippen LogP contribution in [-0.2, 0) is 0 Å². The number of nitrogens with zero attached hydrogens (tertiary/aromatic N) is 4. The van der Waals surface area contributed by atoms with E-state index in [4.69, 9.17) is 0 Å². The van der Waals surface area contributed by atoms with E-state index in [1.54, 1.807) is 34.3 Å². The summed E-state index contributed by atoms with van der Waals surface area (Å²) in [6.45, 7) is 1.95. The lowest BCUT2D eigenvalue weighted by Gasteiger charge is -2.29. The smallest absolute Gasteiger partial charge is 0.266 e. The van der Waals surface area contributed by atoms with Crippen molar-refractivity contribution in [1.29, 1.82) is 0 Å². The highest BCUT2D eigenvalue weighted by Gasteiger charge is 2.24. The van der Waals surface area contributed by atoms with E-state index in [2.05, 4.69) is 20.6 Å². The third-order valence-electron chi connectivity index (χ3n) is 3.64. The first-order valence-corrected chi connectivity index (χ1v) is 7.64.